The highest BCUT2D eigenvalue weighted by Crippen LogP contribution is 2.33. The van der Waals surface area contributed by atoms with Gasteiger partial charge in [-0.3, -0.25) is 19.2 Å². The Labute approximate surface area is 704 Å². The number of hydrogen-bond donors (Lipinski definition) is 10. The van der Waals surface area contributed by atoms with Crippen LogP contribution in [0.1, 0.15) is 105 Å². The lowest BCUT2D eigenvalue weighted by Gasteiger charge is -2.26. The summed E-state index contributed by atoms with van der Waals surface area (Å²) < 4.78 is 17.9. The van der Waals surface area contributed by atoms with Crippen molar-refractivity contribution in [2.75, 3.05) is 81.3 Å². The lowest BCUT2D eigenvalue weighted by Crippen LogP contribution is -2.43. The largest absolute Gasteiger partial charge is 0.481 e. The number of nitrogens with one attached hydrogen (secondary N) is 3. The molecule has 0 fully saturated rings. The van der Waals surface area contributed by atoms with Crippen LogP contribution in [0.4, 0.5) is 22.7 Å². The quantitative estimate of drug-likeness (QED) is 0.00356. The van der Waals surface area contributed by atoms with Crippen LogP contribution in [0.15, 0.2) is 150 Å². The van der Waals surface area contributed by atoms with Gasteiger partial charge in [-0.05, 0) is 171 Å². The van der Waals surface area contributed by atoms with Crippen LogP contribution in [-0.2, 0) is 57.4 Å². The van der Waals surface area contributed by atoms with Crippen LogP contribution in [0.3, 0.4) is 0 Å². The van der Waals surface area contributed by atoms with Crippen LogP contribution in [-0.4, -0.2) is 172 Å². The number of nitrogens with two attached hydrogens (primary N) is 3. The fourth-order valence-electron chi connectivity index (χ4n) is 12.0. The van der Waals surface area contributed by atoms with Crippen molar-refractivity contribution in [1.29, 1.82) is 0 Å². The predicted molar refractivity (Wildman–Crippen MR) is 480 cm³/mol. The summed E-state index contributed by atoms with van der Waals surface area (Å²) in [6, 6.07) is 47.3. The number of nitrogen functional groups attached to an aromatic ring is 2. The number of halogens is 7. The Morgan fingerprint density at radius 2 is 0.757 bits per heavy atom. The van der Waals surface area contributed by atoms with Crippen molar-refractivity contribution in [1.82, 2.24) is 15.7 Å². The summed E-state index contributed by atoms with van der Waals surface area (Å²) in [5, 5.41) is 55.4. The highest BCUT2D eigenvalue weighted by molar-refractivity contribution is 14.1. The van der Waals surface area contributed by atoms with E-state index in [4.69, 9.17) is 104 Å². The standard InChI is InChI=1S/C23H33BCl2N2O3.C19H27BN2O3.C18H22Cl2N2O2.C10H8BrN.C9H19BINO3.C2H3ClO/c1-23(2,3)31-22(29)16-18(27-24(4)30)15-17-7-5-9-20-19(17)8-6-10-21(20)28(13-11-25)14-12-26;1-19(2,3)25-18(23)12-14(22-20(4)24)11-13-7-5-9-16-15(13)8-6-10-17(16)21;19-7-9-22(10-8-20)17-6-2-4-15-13(3-1-5-16(15)17)11-14(21)12-18(23)24;11-9-5-1-4-8-7(9)3-2-6-10(8)12;1-9(2,3)15-8(13)5-7(6-11)12-10(4)14;3-1-2-4/h5-10,18,27,30H,11-16H2,1-4H3;5-10,14,22,24H,11-12,21H2,1-4H3;1-6,14H,7-12,21H2,(H,23,24);1-6H,12H2;7,12,14H,5-6H2,1-4H3;2H,1H2/t18-;2*14-;;7-;/m000.1./s1. The Morgan fingerprint density at radius 3 is 1.08 bits per heavy atom. The summed E-state index contributed by atoms with van der Waals surface area (Å²) in [6.07, 6.45) is 2.93. The molecule has 0 spiro atoms. The second-order valence-electron chi connectivity index (χ2n) is 29.3. The molecular weight excluding hydrogens is 1690 g/mol. The molecule has 0 aromatic heterocycles. The number of aldehydes is 1. The molecule has 0 aliphatic carbocycles. The first kappa shape index (κ1) is 99.3. The molecule has 0 radical (unpaired) electrons. The minimum absolute atomic E-state index is 0.0410. The van der Waals surface area contributed by atoms with Gasteiger partial charge in [0.05, 0.1) is 31.6 Å². The molecule has 8 aromatic carbocycles. The number of carboxylic acid groups (broad SMARTS) is 1. The predicted octanol–water partition coefficient (Wildman–Crippen LogP) is 15.5. The molecule has 111 heavy (non-hydrogen) atoms. The Bertz CT molecular complexity index is 4110. The van der Waals surface area contributed by atoms with Gasteiger partial charge in [0, 0.05) is 127 Å². The number of alkyl halides is 6. The van der Waals surface area contributed by atoms with Crippen molar-refractivity contribution in [2.24, 2.45) is 5.73 Å². The maximum absolute atomic E-state index is 12.4. The zero-order chi connectivity index (χ0) is 83.2. The number of anilines is 4. The van der Waals surface area contributed by atoms with Gasteiger partial charge in [0.15, 0.2) is 0 Å². The molecule has 0 unspecified atom stereocenters. The average molecular weight is 1810 g/mol. The molecule has 0 aliphatic rings. The molecule has 4 atom stereocenters. The summed E-state index contributed by atoms with van der Waals surface area (Å²) in [5.74, 6) is 0.503. The lowest BCUT2D eigenvalue weighted by molar-refractivity contribution is -0.156. The van der Waals surface area contributed by atoms with Gasteiger partial charge in [-0.1, -0.05) is 154 Å². The molecule has 606 valence electrons. The first-order valence-corrected chi connectivity index (χ1v) is 41.7. The van der Waals surface area contributed by atoms with Crippen LogP contribution in [0, 0.1) is 0 Å². The fourth-order valence-corrected chi connectivity index (χ4v) is 13.9. The number of nitrogens with zero attached hydrogens (tertiary/aromatic N) is 2. The first-order valence-electron chi connectivity index (χ1n) is 36.8. The highest BCUT2D eigenvalue weighted by atomic mass is 127. The highest BCUT2D eigenvalue weighted by Gasteiger charge is 2.27. The van der Waals surface area contributed by atoms with E-state index in [-0.39, 0.29) is 67.6 Å². The second-order valence-corrected chi connectivity index (χ2v) is 32.8. The molecule has 0 bridgehead atoms. The number of carboxylic acids is 1. The molecule has 30 heteroatoms. The van der Waals surface area contributed by atoms with Crippen LogP contribution in [0.5, 0.6) is 0 Å². The van der Waals surface area contributed by atoms with Gasteiger partial charge in [0.1, 0.15) is 23.1 Å². The monoisotopic (exact) mass is 1800 g/mol. The summed E-state index contributed by atoms with van der Waals surface area (Å²) in [5.41, 5.74) is 23.3. The number of esters is 3. The normalized spacial score (nSPS) is 12.2. The summed E-state index contributed by atoms with van der Waals surface area (Å²) in [6.45, 7) is 24.4. The molecule has 20 nitrogen and oxygen atoms in total. The van der Waals surface area contributed by atoms with E-state index in [2.05, 4.69) is 106 Å². The Morgan fingerprint density at radius 1 is 0.468 bits per heavy atom. The molecular formula is C81H112B3BrCl5IN8O12. The average Bonchev–Trinajstić information content (AvgIpc) is 0.799. The molecule has 0 saturated carbocycles. The summed E-state index contributed by atoms with van der Waals surface area (Å²) in [4.78, 5) is 60.3. The maximum atomic E-state index is 12.4. The third-order valence-electron chi connectivity index (χ3n) is 16.1. The number of carbonyl (C=O) groups excluding carboxylic acids is 4. The van der Waals surface area contributed by atoms with Crippen molar-refractivity contribution in [2.45, 2.75) is 169 Å². The fraction of sp³-hybridized carbons (Fsp3) is 0.444. The molecule has 0 aliphatic heterocycles. The number of fused-ring (bicyclic) bond motifs is 4. The maximum Gasteiger partial charge on any atom is 0.373 e. The molecule has 8 rings (SSSR count). The van der Waals surface area contributed by atoms with Crippen molar-refractivity contribution >= 4 is 214 Å². The second kappa shape index (κ2) is 51.2. The Balaban J connectivity index is 0.000000366. The smallest absolute Gasteiger partial charge is 0.373 e. The summed E-state index contributed by atoms with van der Waals surface area (Å²) in [7, 11) is -2.06. The number of aliphatic carboxylic acids is 1. The van der Waals surface area contributed by atoms with Gasteiger partial charge in [0.2, 0.25) is 0 Å². The van der Waals surface area contributed by atoms with Gasteiger partial charge < -0.3 is 81.9 Å². The zero-order valence-electron chi connectivity index (χ0n) is 65.8. The van der Waals surface area contributed by atoms with Crippen LogP contribution in [0.25, 0.3) is 43.1 Å². The minimum Gasteiger partial charge on any atom is -0.481 e. The van der Waals surface area contributed by atoms with Crippen LogP contribution >= 0.6 is 96.5 Å². The molecule has 8 aromatic rings. The van der Waals surface area contributed by atoms with E-state index in [0.717, 1.165) is 105 Å². The number of ether oxygens (including phenoxy) is 3. The van der Waals surface area contributed by atoms with E-state index in [1.54, 1.807) is 20.5 Å². The van der Waals surface area contributed by atoms with E-state index >= 15 is 0 Å². The van der Waals surface area contributed by atoms with Gasteiger partial charge in [-0.15, -0.1) is 58.0 Å². The third-order valence-corrected chi connectivity index (χ3v) is 18.6. The SMILES string of the molecule is CB(O)N[C@@H](CI)CC(=O)OC(C)(C)C.CB(O)N[C@H](CC(=O)OC(C)(C)C)Cc1cccc2c(N(CCCl)CCCl)cccc12.CB(O)N[C@H](CC(=O)OC(C)(C)C)Cc1cccc2c(N)cccc12.N[C@H](CC(=O)O)Cc1cccc2c(N(CCCl)CCCl)cccc12.Nc1cccc2c(Br)cccc12.O=CCCl. The van der Waals surface area contributed by atoms with E-state index in [1.165, 1.54) is 0 Å². The van der Waals surface area contributed by atoms with Crippen LogP contribution < -0.4 is 42.7 Å². The lowest BCUT2D eigenvalue weighted by atomic mass is 9.85. The number of carbonyl (C=O) groups is 5. The van der Waals surface area contributed by atoms with Gasteiger partial charge in [-0.2, -0.15) is 0 Å². The van der Waals surface area contributed by atoms with E-state index in [0.29, 0.717) is 62.2 Å². The van der Waals surface area contributed by atoms with Gasteiger partial charge in [0.25, 0.3) is 0 Å². The summed E-state index contributed by atoms with van der Waals surface area (Å²) >= 11 is 34.3. The topological polar surface area (TPSA) is 315 Å². The molecule has 13 N–H and O–H groups in total. The van der Waals surface area contributed by atoms with Crippen molar-refractivity contribution in [3.8, 4) is 0 Å². The van der Waals surface area contributed by atoms with E-state index < -0.39 is 50.0 Å². The van der Waals surface area contributed by atoms with Crippen molar-refractivity contribution < 1.29 is 58.4 Å². The van der Waals surface area contributed by atoms with E-state index in [9.17, 15) is 29.2 Å². The Kier molecular flexibility index (Phi) is 45.8. The van der Waals surface area contributed by atoms with Gasteiger partial charge >= 0.3 is 45.0 Å². The molecule has 0 saturated heterocycles. The van der Waals surface area contributed by atoms with Gasteiger partial charge in [-0.25, -0.2) is 0 Å². The molecule has 0 heterocycles. The first-order chi connectivity index (χ1) is 52.3. The zero-order valence-corrected chi connectivity index (χ0v) is 73.3. The number of rotatable bonds is 32. The van der Waals surface area contributed by atoms with E-state index in [1.807, 2.05) is 165 Å². The van der Waals surface area contributed by atoms with Crippen molar-refractivity contribution in [3.05, 3.63) is 167 Å². The van der Waals surface area contributed by atoms with Crippen molar-refractivity contribution in [3.63, 3.8) is 0 Å². The molecule has 0 amide bonds. The number of hydrogen-bond acceptors (Lipinski definition) is 19. The number of benzene rings is 8. The minimum atomic E-state index is -0.876. The Hall–Kier alpha value is -5.88. The third kappa shape index (κ3) is 38.4. The van der Waals surface area contributed by atoms with Crippen LogP contribution in [0.2, 0.25) is 20.5 Å².